The van der Waals surface area contributed by atoms with Crippen molar-refractivity contribution < 1.29 is 0 Å². The zero-order valence-electron chi connectivity index (χ0n) is 8.80. The number of rotatable bonds is 1. The van der Waals surface area contributed by atoms with Crippen molar-refractivity contribution in [3.8, 4) is 0 Å². The first kappa shape index (κ1) is 11.2. The van der Waals surface area contributed by atoms with Crippen LogP contribution < -0.4 is 0 Å². The summed E-state index contributed by atoms with van der Waals surface area (Å²) in [5.74, 6) is 0.707. The van der Waals surface area contributed by atoms with Crippen molar-refractivity contribution in [2.24, 2.45) is 0 Å². The first-order valence-corrected chi connectivity index (χ1v) is 5.98. The molecule has 0 nitrogen and oxygen atoms in total. The van der Waals surface area contributed by atoms with E-state index >= 15 is 0 Å². The van der Waals surface area contributed by atoms with Crippen LogP contribution in [0.1, 0.15) is 64.2 Å². The Bertz CT molecular complexity index is 103. The van der Waals surface area contributed by atoms with Crippen LogP contribution in [0.15, 0.2) is 0 Å². The molecular formula is C11H21B2. The molecule has 1 aliphatic carbocycles. The molecule has 0 saturated heterocycles. The molecule has 0 aromatic rings. The normalized spacial score (nSPS) is 23.4. The monoisotopic (exact) mass is 175 g/mol. The van der Waals surface area contributed by atoms with Gasteiger partial charge in [-0.25, -0.2) is 0 Å². The lowest BCUT2D eigenvalue weighted by Crippen LogP contribution is -2.03. The van der Waals surface area contributed by atoms with Crippen LogP contribution in [0.25, 0.3) is 0 Å². The summed E-state index contributed by atoms with van der Waals surface area (Å²) in [6.45, 7) is 0. The molecule has 0 aromatic heterocycles. The van der Waals surface area contributed by atoms with E-state index in [9.17, 15) is 0 Å². The molecule has 1 rings (SSSR count). The second kappa shape index (κ2) is 7.53. The predicted octanol–water partition coefficient (Wildman–Crippen LogP) is 3.48. The minimum Gasteiger partial charge on any atom is -0.0782 e. The third-order valence-corrected chi connectivity index (χ3v) is 3.17. The highest BCUT2D eigenvalue weighted by atomic mass is 14.1. The Morgan fingerprint density at radius 3 is 1.46 bits per heavy atom. The predicted molar refractivity (Wildman–Crippen MR) is 61.4 cm³/mol. The molecule has 0 aliphatic heterocycles. The van der Waals surface area contributed by atoms with Crippen LogP contribution >= 0.6 is 0 Å². The molecule has 0 bridgehead atoms. The summed E-state index contributed by atoms with van der Waals surface area (Å²) >= 11 is 0. The van der Waals surface area contributed by atoms with Gasteiger partial charge in [0.25, 0.3) is 0 Å². The van der Waals surface area contributed by atoms with Gasteiger partial charge in [-0.15, -0.1) is 0 Å². The minimum atomic E-state index is 0.707. The van der Waals surface area contributed by atoms with Crippen molar-refractivity contribution in [2.75, 3.05) is 0 Å². The highest BCUT2D eigenvalue weighted by Gasteiger charge is 2.06. The lowest BCUT2D eigenvalue weighted by atomic mass is 9.45. The van der Waals surface area contributed by atoms with Gasteiger partial charge < -0.3 is 0 Å². The average Bonchev–Trinajstić information content (AvgIpc) is 2.22. The summed E-state index contributed by atoms with van der Waals surface area (Å²) in [6.07, 6.45) is 14.1. The molecule has 0 spiro atoms. The third kappa shape index (κ3) is 5.44. The fourth-order valence-electron chi connectivity index (χ4n) is 2.21. The second-order valence-corrected chi connectivity index (χ2v) is 4.36. The highest BCUT2D eigenvalue weighted by molar-refractivity contribution is 6.90. The Morgan fingerprint density at radius 2 is 1.08 bits per heavy atom. The summed E-state index contributed by atoms with van der Waals surface area (Å²) in [6, 6.07) is 0. The summed E-state index contributed by atoms with van der Waals surface area (Å²) in [4.78, 5) is 0. The van der Waals surface area contributed by atoms with E-state index in [0.717, 1.165) is 0 Å². The van der Waals surface area contributed by atoms with Crippen LogP contribution in [-0.4, -0.2) is 14.9 Å². The largest absolute Gasteiger partial charge is 0.0782 e. The first-order valence-electron chi connectivity index (χ1n) is 5.98. The van der Waals surface area contributed by atoms with E-state index < -0.39 is 0 Å². The maximum absolute atomic E-state index is 5.63. The lowest BCUT2D eigenvalue weighted by molar-refractivity contribution is 0.583. The molecule has 0 atom stereocenters. The van der Waals surface area contributed by atoms with Crippen molar-refractivity contribution >= 4 is 14.9 Å². The quantitative estimate of drug-likeness (QED) is 0.535. The van der Waals surface area contributed by atoms with Gasteiger partial charge in [-0.3, -0.25) is 0 Å². The van der Waals surface area contributed by atoms with Gasteiger partial charge in [0, 0.05) is 7.74 Å². The Hall–Kier alpha value is 0.130. The maximum Gasteiger partial charge on any atom is 0.0587 e. The molecular weight excluding hydrogens is 154 g/mol. The Morgan fingerprint density at radius 1 is 0.692 bits per heavy atom. The van der Waals surface area contributed by atoms with Crippen molar-refractivity contribution in [3.05, 3.63) is 0 Å². The van der Waals surface area contributed by atoms with E-state index in [-0.39, 0.29) is 0 Å². The van der Waals surface area contributed by atoms with E-state index in [1.54, 1.807) is 0 Å². The minimum absolute atomic E-state index is 0.707. The van der Waals surface area contributed by atoms with Crippen molar-refractivity contribution in [2.45, 2.75) is 70.0 Å². The summed E-state index contributed by atoms with van der Waals surface area (Å²) in [7, 11) is 7.56. The van der Waals surface area contributed by atoms with E-state index in [1.807, 2.05) is 7.17 Å². The van der Waals surface area contributed by atoms with E-state index in [4.69, 9.17) is 7.74 Å². The SMILES string of the molecule is [B][B]C1CCCCCCCCCC1. The molecule has 71 valence electrons. The smallest absolute Gasteiger partial charge is 0.0587 e. The van der Waals surface area contributed by atoms with E-state index in [1.165, 1.54) is 64.2 Å². The van der Waals surface area contributed by atoms with Crippen LogP contribution in [0.5, 0.6) is 0 Å². The summed E-state index contributed by atoms with van der Waals surface area (Å²) < 4.78 is 0. The Labute approximate surface area is 85.5 Å². The summed E-state index contributed by atoms with van der Waals surface area (Å²) in [5, 5.41) is 0. The van der Waals surface area contributed by atoms with Crippen LogP contribution in [0.4, 0.5) is 0 Å². The maximum atomic E-state index is 5.63. The van der Waals surface area contributed by atoms with Gasteiger partial charge in [0.2, 0.25) is 0 Å². The lowest BCUT2D eigenvalue weighted by Gasteiger charge is -2.13. The number of hydrogen-bond donors (Lipinski definition) is 0. The van der Waals surface area contributed by atoms with Crippen LogP contribution in [0.3, 0.4) is 0 Å². The first-order chi connectivity index (χ1) is 6.43. The van der Waals surface area contributed by atoms with Gasteiger partial charge in [-0.05, 0) is 0 Å². The van der Waals surface area contributed by atoms with Gasteiger partial charge in [0.1, 0.15) is 0 Å². The molecule has 1 saturated carbocycles. The van der Waals surface area contributed by atoms with E-state index in [2.05, 4.69) is 0 Å². The molecule has 13 heavy (non-hydrogen) atoms. The third-order valence-electron chi connectivity index (χ3n) is 3.17. The molecule has 1 fully saturated rings. The van der Waals surface area contributed by atoms with Crippen LogP contribution in [0, 0.1) is 0 Å². The molecule has 1 aliphatic rings. The van der Waals surface area contributed by atoms with Gasteiger partial charge in [-0.2, -0.15) is 0 Å². The molecule has 3 radical (unpaired) electrons. The van der Waals surface area contributed by atoms with Crippen molar-refractivity contribution in [3.63, 3.8) is 0 Å². The van der Waals surface area contributed by atoms with Crippen LogP contribution in [-0.2, 0) is 0 Å². The van der Waals surface area contributed by atoms with E-state index in [0.29, 0.717) is 5.82 Å². The molecule has 0 unspecified atom stereocenters. The van der Waals surface area contributed by atoms with Crippen molar-refractivity contribution in [1.29, 1.82) is 0 Å². The van der Waals surface area contributed by atoms with Gasteiger partial charge in [-0.1, -0.05) is 70.0 Å². The Kier molecular flexibility index (Phi) is 6.49. The van der Waals surface area contributed by atoms with Crippen molar-refractivity contribution in [1.82, 2.24) is 0 Å². The zero-order chi connectivity index (χ0) is 9.36. The molecule has 0 N–H and O–H groups in total. The highest BCUT2D eigenvalue weighted by Crippen LogP contribution is 2.23. The van der Waals surface area contributed by atoms with Gasteiger partial charge >= 0.3 is 0 Å². The number of hydrogen-bond acceptors (Lipinski definition) is 0. The Balaban J connectivity index is 2.18. The summed E-state index contributed by atoms with van der Waals surface area (Å²) in [5.41, 5.74) is 0. The standard InChI is InChI=1S/C11H21B2/c12-13-11-9-7-5-3-1-2-4-6-8-10-11/h11H,1-10H2. The zero-order valence-corrected chi connectivity index (χ0v) is 8.80. The second-order valence-electron chi connectivity index (χ2n) is 4.36. The molecule has 0 aromatic carbocycles. The fourth-order valence-corrected chi connectivity index (χ4v) is 2.21. The van der Waals surface area contributed by atoms with Gasteiger partial charge in [0.05, 0.1) is 7.17 Å². The topological polar surface area (TPSA) is 0 Å². The average molecular weight is 175 g/mol. The molecule has 2 heteroatoms. The van der Waals surface area contributed by atoms with Gasteiger partial charge in [0.15, 0.2) is 0 Å². The fraction of sp³-hybridized carbons (Fsp3) is 1.00. The van der Waals surface area contributed by atoms with Crippen LogP contribution in [0.2, 0.25) is 5.82 Å². The molecule has 0 heterocycles. The molecule has 0 amide bonds.